The lowest BCUT2D eigenvalue weighted by atomic mass is 10.0. The number of sulfonamides is 1. The maximum Gasteiger partial charge on any atom is 0.324 e. The molecule has 2 aromatic heterocycles. The summed E-state index contributed by atoms with van der Waals surface area (Å²) in [6.07, 6.45) is 13.0. The minimum absolute atomic E-state index is 0.0147. The number of aromatic nitrogens is 2. The Balaban J connectivity index is 1.71. The van der Waals surface area contributed by atoms with Crippen molar-refractivity contribution >= 4 is 16.0 Å². The van der Waals surface area contributed by atoms with Gasteiger partial charge in [0.15, 0.2) is 0 Å². The Bertz CT molecular complexity index is 1240. The third kappa shape index (κ3) is 10.7. The highest BCUT2D eigenvalue weighted by Crippen LogP contribution is 2.20. The van der Waals surface area contributed by atoms with Crippen LogP contribution >= 0.6 is 0 Å². The molecule has 40 heavy (non-hydrogen) atoms. The van der Waals surface area contributed by atoms with Gasteiger partial charge in [-0.3, -0.25) is 14.8 Å². The molecule has 3 aromatic rings. The molecule has 0 saturated heterocycles. The van der Waals surface area contributed by atoms with Gasteiger partial charge in [0.2, 0.25) is 10.0 Å². The van der Waals surface area contributed by atoms with Crippen LogP contribution in [0.3, 0.4) is 0 Å². The van der Waals surface area contributed by atoms with Crippen molar-refractivity contribution in [2.75, 3.05) is 18.9 Å². The van der Waals surface area contributed by atoms with E-state index >= 15 is 0 Å². The molecule has 0 fully saturated rings. The molecule has 0 aliphatic carbocycles. The fourth-order valence-corrected chi connectivity index (χ4v) is 6.33. The third-order valence-corrected chi connectivity index (χ3v) is 8.75. The minimum atomic E-state index is -3.71. The van der Waals surface area contributed by atoms with Crippen LogP contribution in [0.15, 0.2) is 73.3 Å². The molecule has 9 heteroatoms. The van der Waals surface area contributed by atoms with Gasteiger partial charge in [-0.1, -0.05) is 25.5 Å². The van der Waals surface area contributed by atoms with Crippen LogP contribution in [0.25, 0.3) is 0 Å². The van der Waals surface area contributed by atoms with Crippen molar-refractivity contribution in [1.82, 2.24) is 14.3 Å². The second-order valence-corrected chi connectivity index (χ2v) is 12.0. The number of hydrogen-bond donors (Lipinski definition) is 1. The number of benzene rings is 1. The highest BCUT2D eigenvalue weighted by Gasteiger charge is 2.35. The highest BCUT2D eigenvalue weighted by atomic mass is 32.2. The summed E-state index contributed by atoms with van der Waals surface area (Å²) in [4.78, 5) is 21.5. The monoisotopic (exact) mass is 567 g/mol. The average molecular weight is 568 g/mol. The predicted molar refractivity (Wildman–Crippen MR) is 156 cm³/mol. The summed E-state index contributed by atoms with van der Waals surface area (Å²) in [5.74, 6) is -0.439. The smallest absolute Gasteiger partial charge is 0.324 e. The quantitative estimate of drug-likeness (QED) is 0.168. The van der Waals surface area contributed by atoms with E-state index in [-0.39, 0.29) is 31.1 Å². The lowest BCUT2D eigenvalue weighted by Crippen LogP contribution is -2.48. The van der Waals surface area contributed by atoms with Crippen molar-refractivity contribution in [2.24, 2.45) is 0 Å². The van der Waals surface area contributed by atoms with Crippen LogP contribution in [0.2, 0.25) is 0 Å². The first kappa shape index (κ1) is 31.2. The summed E-state index contributed by atoms with van der Waals surface area (Å²) in [6.45, 7) is 2.40. The number of phenols is 1. The molecule has 1 aromatic carbocycles. The third-order valence-electron chi connectivity index (χ3n) is 6.80. The molecule has 216 valence electrons. The molecular weight excluding hydrogens is 526 g/mol. The van der Waals surface area contributed by atoms with Crippen molar-refractivity contribution in [3.05, 3.63) is 90.0 Å². The van der Waals surface area contributed by atoms with Crippen LogP contribution in [0, 0.1) is 0 Å². The number of phenolic OH excluding ortho intramolecular Hbond substituents is 1. The second-order valence-electron chi connectivity index (χ2n) is 9.96. The van der Waals surface area contributed by atoms with E-state index in [4.69, 9.17) is 4.74 Å². The van der Waals surface area contributed by atoms with Crippen molar-refractivity contribution in [3.63, 3.8) is 0 Å². The van der Waals surface area contributed by atoms with Gasteiger partial charge in [-0.2, -0.15) is 4.31 Å². The Hall–Kier alpha value is -3.30. The van der Waals surface area contributed by atoms with E-state index in [9.17, 15) is 18.3 Å². The van der Waals surface area contributed by atoms with Crippen LogP contribution in [0.5, 0.6) is 5.75 Å². The number of aromatic hydroxyl groups is 1. The zero-order valence-corrected chi connectivity index (χ0v) is 24.1. The SMILES string of the molecule is CCCCS(=O)(=O)N(CCCCc1ccncc1)[C@@H](Cc1ccc(O)cc1)C(=O)OCCCCc1ccncc1. The number of hydrogen-bond acceptors (Lipinski definition) is 7. The van der Waals surface area contributed by atoms with Gasteiger partial charge >= 0.3 is 5.97 Å². The van der Waals surface area contributed by atoms with E-state index < -0.39 is 22.0 Å². The zero-order chi connectivity index (χ0) is 28.6. The molecule has 0 unspecified atom stereocenters. The van der Waals surface area contributed by atoms with Crippen LogP contribution < -0.4 is 0 Å². The molecule has 3 rings (SSSR count). The Morgan fingerprint density at radius 1 is 0.825 bits per heavy atom. The van der Waals surface area contributed by atoms with E-state index in [0.717, 1.165) is 43.2 Å². The fraction of sp³-hybridized carbons (Fsp3) is 0.452. The molecule has 0 saturated carbocycles. The van der Waals surface area contributed by atoms with E-state index in [2.05, 4.69) is 9.97 Å². The van der Waals surface area contributed by atoms with Crippen LogP contribution in [-0.4, -0.2) is 58.7 Å². The molecular formula is C31H41N3O5S. The molecule has 2 heterocycles. The van der Waals surface area contributed by atoms with Gasteiger partial charge in [0.1, 0.15) is 11.8 Å². The van der Waals surface area contributed by atoms with Crippen molar-refractivity contribution in [2.45, 2.75) is 70.8 Å². The standard InChI is InChI=1S/C31H41N3O5S/c1-2-3-24-40(37,38)34(22-6-4-8-26-14-18-32-19-15-26)30(25-28-10-12-29(35)13-11-28)31(36)39-23-7-5-9-27-16-20-33-21-17-27/h10-21,30,35H,2-9,22-25H2,1H3/t30-/m0/s1. The topological polar surface area (TPSA) is 110 Å². The van der Waals surface area contributed by atoms with E-state index in [0.29, 0.717) is 19.3 Å². The maximum absolute atomic E-state index is 13.5. The Morgan fingerprint density at radius 2 is 1.40 bits per heavy atom. The van der Waals surface area contributed by atoms with E-state index in [1.165, 1.54) is 9.87 Å². The lowest BCUT2D eigenvalue weighted by Gasteiger charge is -2.30. The number of carbonyl (C=O) groups is 1. The minimum Gasteiger partial charge on any atom is -0.508 e. The molecule has 0 aliphatic heterocycles. The number of carbonyl (C=O) groups excluding carboxylic acids is 1. The number of unbranched alkanes of at least 4 members (excludes halogenated alkanes) is 3. The molecule has 0 aliphatic rings. The normalized spacial score (nSPS) is 12.3. The number of pyridine rings is 2. The summed E-state index contributed by atoms with van der Waals surface area (Å²) in [6, 6.07) is 13.4. The summed E-state index contributed by atoms with van der Waals surface area (Å²) < 4.78 is 34.1. The number of rotatable bonds is 18. The average Bonchev–Trinajstić information content (AvgIpc) is 2.97. The summed E-state index contributed by atoms with van der Waals surface area (Å²) in [5.41, 5.74) is 3.07. The number of nitrogens with zero attached hydrogens (tertiary/aromatic N) is 3. The summed E-state index contributed by atoms with van der Waals surface area (Å²) in [5, 5.41) is 9.72. The van der Waals surface area contributed by atoms with Crippen molar-refractivity contribution in [3.8, 4) is 5.75 Å². The molecule has 1 N–H and O–H groups in total. The van der Waals surface area contributed by atoms with Crippen LogP contribution in [0.1, 0.15) is 62.1 Å². The van der Waals surface area contributed by atoms with E-state index in [1.807, 2.05) is 31.2 Å². The first-order valence-electron chi connectivity index (χ1n) is 14.1. The molecule has 0 bridgehead atoms. The van der Waals surface area contributed by atoms with Gasteiger partial charge in [0.05, 0.1) is 12.4 Å². The first-order chi connectivity index (χ1) is 19.4. The van der Waals surface area contributed by atoms with Gasteiger partial charge in [-0.05, 0) is 104 Å². The van der Waals surface area contributed by atoms with Crippen LogP contribution in [0.4, 0.5) is 0 Å². The Kier molecular flexibility index (Phi) is 13.1. The highest BCUT2D eigenvalue weighted by molar-refractivity contribution is 7.89. The van der Waals surface area contributed by atoms with Crippen molar-refractivity contribution < 1.29 is 23.1 Å². The van der Waals surface area contributed by atoms with E-state index in [1.54, 1.807) is 49.1 Å². The van der Waals surface area contributed by atoms with Gasteiger partial charge in [-0.25, -0.2) is 8.42 Å². The van der Waals surface area contributed by atoms with Gasteiger partial charge < -0.3 is 9.84 Å². The zero-order valence-electron chi connectivity index (χ0n) is 23.3. The first-order valence-corrected chi connectivity index (χ1v) is 15.7. The second kappa shape index (κ2) is 16.7. The van der Waals surface area contributed by atoms with Gasteiger partial charge in [-0.15, -0.1) is 0 Å². The Morgan fingerprint density at radius 3 is 1.98 bits per heavy atom. The molecule has 0 spiro atoms. The van der Waals surface area contributed by atoms with Crippen LogP contribution in [-0.2, 0) is 38.8 Å². The van der Waals surface area contributed by atoms with Gasteiger partial charge in [0.25, 0.3) is 0 Å². The predicted octanol–water partition coefficient (Wildman–Crippen LogP) is 5.11. The molecule has 8 nitrogen and oxygen atoms in total. The number of aryl methyl sites for hydroxylation is 2. The largest absolute Gasteiger partial charge is 0.508 e. The molecule has 0 radical (unpaired) electrons. The fourth-order valence-electron chi connectivity index (χ4n) is 4.49. The van der Waals surface area contributed by atoms with Gasteiger partial charge in [0, 0.05) is 31.3 Å². The summed E-state index contributed by atoms with van der Waals surface area (Å²) in [7, 11) is -3.71. The maximum atomic E-state index is 13.5. The lowest BCUT2D eigenvalue weighted by molar-refractivity contribution is -0.148. The molecule has 1 atom stereocenters. The molecule has 0 amide bonds. The Labute approximate surface area is 238 Å². The summed E-state index contributed by atoms with van der Waals surface area (Å²) >= 11 is 0. The van der Waals surface area contributed by atoms with Crippen molar-refractivity contribution in [1.29, 1.82) is 0 Å². The number of esters is 1. The number of ether oxygens (including phenoxy) is 1.